The summed E-state index contributed by atoms with van der Waals surface area (Å²) in [6.07, 6.45) is 1.92. The Labute approximate surface area is 163 Å². The largest absolute Gasteiger partial charge is 0.497 e. The third-order valence-corrected chi connectivity index (χ3v) is 5.21. The number of aromatic nitrogens is 2. The van der Waals surface area contributed by atoms with Crippen LogP contribution in [0.3, 0.4) is 0 Å². The van der Waals surface area contributed by atoms with Crippen LogP contribution in [0.1, 0.15) is 5.56 Å². The van der Waals surface area contributed by atoms with Crippen LogP contribution in [0.25, 0.3) is 32.9 Å². The highest BCUT2D eigenvalue weighted by Gasteiger charge is 2.05. The molecule has 0 N–H and O–H groups in total. The van der Waals surface area contributed by atoms with Crippen molar-refractivity contribution < 1.29 is 4.74 Å². The average Bonchev–Trinajstić information content (AvgIpc) is 3.16. The van der Waals surface area contributed by atoms with Crippen molar-refractivity contribution in [1.29, 1.82) is 0 Å². The Morgan fingerprint density at radius 2 is 1.54 bits per heavy atom. The topological polar surface area (TPSA) is 27.1 Å². The summed E-state index contributed by atoms with van der Waals surface area (Å²) in [7, 11) is 1.69. The second kappa shape index (κ2) is 6.86. The molecule has 1 aromatic heterocycles. The van der Waals surface area contributed by atoms with Crippen molar-refractivity contribution in [3.63, 3.8) is 0 Å². The zero-order valence-corrected chi connectivity index (χ0v) is 15.7. The summed E-state index contributed by atoms with van der Waals surface area (Å²) in [6, 6.07) is 29.7. The summed E-state index contributed by atoms with van der Waals surface area (Å²) in [6.45, 7) is 0.816. The number of para-hydroxylation sites is 2. The van der Waals surface area contributed by atoms with Gasteiger partial charge in [0.2, 0.25) is 0 Å². The minimum absolute atomic E-state index is 0.816. The van der Waals surface area contributed by atoms with E-state index in [0.717, 1.165) is 23.3 Å². The van der Waals surface area contributed by atoms with E-state index in [-0.39, 0.29) is 0 Å². The highest BCUT2D eigenvalue weighted by molar-refractivity contribution is 5.88. The second-order valence-electron chi connectivity index (χ2n) is 6.99. The van der Waals surface area contributed by atoms with Crippen molar-refractivity contribution in [1.82, 2.24) is 9.55 Å². The zero-order valence-electron chi connectivity index (χ0n) is 15.7. The van der Waals surface area contributed by atoms with Crippen LogP contribution < -0.4 is 4.74 Å². The first-order valence-corrected chi connectivity index (χ1v) is 9.37. The van der Waals surface area contributed by atoms with E-state index in [2.05, 4.69) is 70.2 Å². The van der Waals surface area contributed by atoms with Gasteiger partial charge in [0.05, 0.1) is 24.5 Å². The van der Waals surface area contributed by atoms with Crippen molar-refractivity contribution >= 4 is 21.8 Å². The van der Waals surface area contributed by atoms with Gasteiger partial charge in [-0.25, -0.2) is 4.98 Å². The van der Waals surface area contributed by atoms with Crippen molar-refractivity contribution in [3.05, 3.63) is 96.8 Å². The standard InChI is InChI=1S/C25H20N2O/c1-28-23-12-10-19(11-13-23)21-9-8-20-14-18(6-7-22(20)15-21)16-27-17-26-24-4-2-3-5-25(24)27/h2-15,17H,16H2,1H3. The minimum Gasteiger partial charge on any atom is -0.497 e. The number of nitrogens with zero attached hydrogens (tertiary/aromatic N) is 2. The Kier molecular flexibility index (Phi) is 4.06. The summed E-state index contributed by atoms with van der Waals surface area (Å²) in [5.74, 6) is 0.876. The van der Waals surface area contributed by atoms with Gasteiger partial charge in [-0.2, -0.15) is 0 Å². The lowest BCUT2D eigenvalue weighted by Crippen LogP contribution is -1.97. The Bertz CT molecular complexity index is 1270. The fourth-order valence-corrected chi connectivity index (χ4v) is 3.69. The van der Waals surface area contributed by atoms with E-state index in [4.69, 9.17) is 4.74 Å². The molecule has 5 rings (SSSR count). The number of methoxy groups -OCH3 is 1. The highest BCUT2D eigenvalue weighted by Crippen LogP contribution is 2.27. The molecule has 136 valence electrons. The molecule has 0 aliphatic rings. The van der Waals surface area contributed by atoms with Crippen LogP contribution in [0.4, 0.5) is 0 Å². The molecule has 0 aliphatic heterocycles. The molecule has 4 aromatic carbocycles. The molecule has 0 fully saturated rings. The van der Waals surface area contributed by atoms with E-state index in [0.29, 0.717) is 0 Å². The van der Waals surface area contributed by atoms with Gasteiger partial charge in [0, 0.05) is 6.54 Å². The smallest absolute Gasteiger partial charge is 0.118 e. The van der Waals surface area contributed by atoms with Crippen molar-refractivity contribution in [2.75, 3.05) is 7.11 Å². The van der Waals surface area contributed by atoms with Crippen molar-refractivity contribution in [3.8, 4) is 16.9 Å². The first kappa shape index (κ1) is 16.6. The minimum atomic E-state index is 0.816. The van der Waals surface area contributed by atoms with Crippen LogP contribution in [-0.4, -0.2) is 16.7 Å². The molecule has 5 aromatic rings. The van der Waals surface area contributed by atoms with E-state index in [1.54, 1.807) is 7.11 Å². The monoisotopic (exact) mass is 364 g/mol. The van der Waals surface area contributed by atoms with Gasteiger partial charge in [0.25, 0.3) is 0 Å². The van der Waals surface area contributed by atoms with E-state index in [1.807, 2.05) is 30.6 Å². The number of benzene rings is 4. The number of hydrogen-bond acceptors (Lipinski definition) is 2. The van der Waals surface area contributed by atoms with Crippen LogP contribution in [0.15, 0.2) is 91.3 Å². The fraction of sp³-hybridized carbons (Fsp3) is 0.0800. The van der Waals surface area contributed by atoms with Crippen LogP contribution in [0.5, 0.6) is 5.75 Å². The molecule has 1 heterocycles. The number of fused-ring (bicyclic) bond motifs is 2. The Balaban J connectivity index is 1.46. The molecule has 3 nitrogen and oxygen atoms in total. The van der Waals surface area contributed by atoms with Gasteiger partial charge >= 0.3 is 0 Å². The number of ether oxygens (including phenoxy) is 1. The highest BCUT2D eigenvalue weighted by atomic mass is 16.5. The number of imidazole rings is 1. The maximum absolute atomic E-state index is 5.25. The SMILES string of the molecule is COc1ccc(-c2ccc3cc(Cn4cnc5ccccc54)ccc3c2)cc1. The molecule has 0 radical (unpaired) electrons. The van der Waals surface area contributed by atoms with Gasteiger partial charge in [0.1, 0.15) is 5.75 Å². The van der Waals surface area contributed by atoms with E-state index >= 15 is 0 Å². The molecule has 0 saturated heterocycles. The first-order chi connectivity index (χ1) is 13.8. The Morgan fingerprint density at radius 1 is 0.786 bits per heavy atom. The van der Waals surface area contributed by atoms with E-state index < -0.39 is 0 Å². The molecule has 0 aliphatic carbocycles. The first-order valence-electron chi connectivity index (χ1n) is 9.37. The lowest BCUT2D eigenvalue weighted by molar-refractivity contribution is 0.415. The molecular weight excluding hydrogens is 344 g/mol. The third kappa shape index (κ3) is 3.01. The van der Waals surface area contributed by atoms with Crippen LogP contribution in [-0.2, 0) is 6.54 Å². The molecule has 0 amide bonds. The summed E-state index contributed by atoms with van der Waals surface area (Å²) in [5.41, 5.74) is 5.87. The molecular formula is C25H20N2O. The predicted octanol–water partition coefficient (Wildman–Crippen LogP) is 5.91. The summed E-state index contributed by atoms with van der Waals surface area (Å²) in [4.78, 5) is 4.49. The molecule has 0 atom stereocenters. The quantitative estimate of drug-likeness (QED) is 0.396. The van der Waals surface area contributed by atoms with E-state index in [9.17, 15) is 0 Å². The maximum Gasteiger partial charge on any atom is 0.118 e. The molecule has 28 heavy (non-hydrogen) atoms. The molecule has 3 heteroatoms. The van der Waals surface area contributed by atoms with Gasteiger partial charge in [-0.15, -0.1) is 0 Å². The lowest BCUT2D eigenvalue weighted by atomic mass is 10.00. The van der Waals surface area contributed by atoms with Crippen LogP contribution in [0, 0.1) is 0 Å². The predicted molar refractivity (Wildman–Crippen MR) is 115 cm³/mol. The van der Waals surface area contributed by atoms with E-state index in [1.165, 1.54) is 27.5 Å². The normalized spacial score (nSPS) is 11.2. The van der Waals surface area contributed by atoms with Gasteiger partial charge in [-0.1, -0.05) is 48.5 Å². The van der Waals surface area contributed by atoms with Gasteiger partial charge in [0.15, 0.2) is 0 Å². The fourth-order valence-electron chi connectivity index (χ4n) is 3.69. The summed E-state index contributed by atoms with van der Waals surface area (Å²) < 4.78 is 7.45. The number of rotatable bonds is 4. The van der Waals surface area contributed by atoms with Crippen LogP contribution in [0.2, 0.25) is 0 Å². The maximum atomic E-state index is 5.25. The van der Waals surface area contributed by atoms with Crippen molar-refractivity contribution in [2.45, 2.75) is 6.54 Å². The Hall–Kier alpha value is -3.59. The van der Waals surface area contributed by atoms with Gasteiger partial charge in [-0.05, 0) is 63.9 Å². The molecule has 0 bridgehead atoms. The van der Waals surface area contributed by atoms with Gasteiger partial charge < -0.3 is 9.30 Å². The van der Waals surface area contributed by atoms with Crippen LogP contribution >= 0.6 is 0 Å². The Morgan fingerprint density at radius 3 is 2.39 bits per heavy atom. The summed E-state index contributed by atoms with van der Waals surface area (Å²) in [5, 5.41) is 2.49. The third-order valence-electron chi connectivity index (χ3n) is 5.21. The molecule has 0 spiro atoms. The zero-order chi connectivity index (χ0) is 18.9. The van der Waals surface area contributed by atoms with Crippen molar-refractivity contribution in [2.24, 2.45) is 0 Å². The molecule has 0 saturated carbocycles. The lowest BCUT2D eigenvalue weighted by Gasteiger charge is -2.09. The van der Waals surface area contributed by atoms with Gasteiger partial charge in [-0.3, -0.25) is 0 Å². The molecule has 0 unspecified atom stereocenters. The summed E-state index contributed by atoms with van der Waals surface area (Å²) >= 11 is 0. The average molecular weight is 364 g/mol. The second-order valence-corrected chi connectivity index (χ2v) is 6.99. The number of hydrogen-bond donors (Lipinski definition) is 0.